The highest BCUT2D eigenvalue weighted by atomic mass is 16.6. The molecular formula is C28H38N4O6. The van der Waals surface area contributed by atoms with Crippen molar-refractivity contribution in [2.45, 2.75) is 33.6 Å². The molecular weight excluding hydrogens is 488 g/mol. The zero-order chi connectivity index (χ0) is 28.0. The number of carbonyl (C=O) groups is 2. The largest absolute Gasteiger partial charge is 0.466 e. The molecule has 3 rings (SSSR count). The van der Waals surface area contributed by atoms with Crippen LogP contribution in [0, 0.1) is 15.5 Å². The third-order valence-corrected chi connectivity index (χ3v) is 6.90. The van der Waals surface area contributed by atoms with Gasteiger partial charge in [0.2, 0.25) is 0 Å². The molecule has 1 N–H and O–H groups in total. The van der Waals surface area contributed by atoms with Gasteiger partial charge in [0.25, 0.3) is 5.69 Å². The topological polar surface area (TPSA) is 114 Å². The quantitative estimate of drug-likeness (QED) is 0.212. The summed E-state index contributed by atoms with van der Waals surface area (Å²) in [6.45, 7) is 17.0. The van der Waals surface area contributed by atoms with Crippen LogP contribution in [0.1, 0.15) is 39.2 Å². The van der Waals surface area contributed by atoms with Crippen LogP contribution in [0.15, 0.2) is 59.5 Å². The van der Waals surface area contributed by atoms with Crippen molar-refractivity contribution in [2.75, 3.05) is 53.0 Å². The number of piperazine rings is 1. The summed E-state index contributed by atoms with van der Waals surface area (Å²) in [7, 11) is 1.26. The predicted molar refractivity (Wildman–Crippen MR) is 144 cm³/mol. The molecule has 2 aliphatic heterocycles. The summed E-state index contributed by atoms with van der Waals surface area (Å²) in [5.74, 6) is -2.08. The molecule has 1 aromatic carbocycles. The van der Waals surface area contributed by atoms with E-state index in [2.05, 4.69) is 35.5 Å². The van der Waals surface area contributed by atoms with E-state index >= 15 is 0 Å². The maximum absolute atomic E-state index is 13.6. The number of hydrogen-bond donors (Lipinski definition) is 1. The van der Waals surface area contributed by atoms with Crippen LogP contribution < -0.4 is 5.32 Å². The summed E-state index contributed by atoms with van der Waals surface area (Å²) in [6.07, 6.45) is 1.92. The lowest BCUT2D eigenvalue weighted by atomic mass is 9.80. The van der Waals surface area contributed by atoms with Crippen molar-refractivity contribution in [3.63, 3.8) is 0 Å². The Hall–Kier alpha value is -3.50. The van der Waals surface area contributed by atoms with E-state index in [0.717, 1.165) is 39.3 Å². The number of esters is 2. The van der Waals surface area contributed by atoms with Gasteiger partial charge in [0.05, 0.1) is 35.7 Å². The lowest BCUT2D eigenvalue weighted by Crippen LogP contribution is -2.49. The first-order valence-electron chi connectivity index (χ1n) is 12.7. The van der Waals surface area contributed by atoms with E-state index in [9.17, 15) is 19.7 Å². The van der Waals surface area contributed by atoms with Crippen LogP contribution in [0.25, 0.3) is 0 Å². The first-order valence-corrected chi connectivity index (χ1v) is 12.7. The average Bonchev–Trinajstić information content (AvgIpc) is 2.87. The summed E-state index contributed by atoms with van der Waals surface area (Å²) in [6, 6.07) is 5.95. The standard InChI is InChI=1S/C28H38N4O6/c1-7-11-30-12-14-31(15-13-30)17-28(4,5)18-38-27(34)24-20(3)29-19(2)23(26(33)37-6)25(24)21-9-8-10-22(16-21)32(35)36/h7-10,16,25,29H,1,11-15,17-18H2,2-6H3/t25-/m1/s1. The minimum absolute atomic E-state index is 0.136. The highest BCUT2D eigenvalue weighted by Crippen LogP contribution is 2.40. The molecule has 10 nitrogen and oxygen atoms in total. The normalized spacial score (nSPS) is 19.1. The second-order valence-corrected chi connectivity index (χ2v) is 10.6. The Bertz CT molecular complexity index is 1150. The molecule has 2 aliphatic rings. The van der Waals surface area contributed by atoms with E-state index in [-0.39, 0.29) is 28.9 Å². The number of nitrogens with zero attached hydrogens (tertiary/aromatic N) is 3. The van der Waals surface area contributed by atoms with Gasteiger partial charge in [-0.05, 0) is 19.4 Å². The number of ether oxygens (including phenoxy) is 2. The maximum Gasteiger partial charge on any atom is 0.336 e. The number of carbonyl (C=O) groups excluding carboxylic acids is 2. The molecule has 0 unspecified atom stereocenters. The van der Waals surface area contributed by atoms with Crippen LogP contribution in [0.3, 0.4) is 0 Å². The molecule has 1 aromatic rings. The highest BCUT2D eigenvalue weighted by Gasteiger charge is 2.39. The molecule has 2 heterocycles. The first-order chi connectivity index (χ1) is 18.0. The van der Waals surface area contributed by atoms with E-state index < -0.39 is 22.8 Å². The van der Waals surface area contributed by atoms with Gasteiger partial charge in [-0.25, -0.2) is 9.59 Å². The predicted octanol–water partition coefficient (Wildman–Crippen LogP) is 3.38. The van der Waals surface area contributed by atoms with Crippen LogP contribution >= 0.6 is 0 Å². The Labute approximate surface area is 224 Å². The van der Waals surface area contributed by atoms with Gasteiger partial charge in [0.1, 0.15) is 0 Å². The second-order valence-electron chi connectivity index (χ2n) is 10.6. The van der Waals surface area contributed by atoms with Crippen LogP contribution in [-0.2, 0) is 19.1 Å². The third-order valence-electron chi connectivity index (χ3n) is 6.90. The zero-order valence-corrected chi connectivity index (χ0v) is 22.9. The molecule has 0 bridgehead atoms. The number of nitro groups is 1. The van der Waals surface area contributed by atoms with Gasteiger partial charge in [-0.3, -0.25) is 15.0 Å². The molecule has 38 heavy (non-hydrogen) atoms. The Balaban J connectivity index is 1.82. The Morgan fingerprint density at radius 3 is 2.32 bits per heavy atom. The van der Waals surface area contributed by atoms with Crippen molar-refractivity contribution in [2.24, 2.45) is 5.41 Å². The van der Waals surface area contributed by atoms with Gasteiger partial charge in [0, 0.05) is 68.2 Å². The summed E-state index contributed by atoms with van der Waals surface area (Å²) in [5, 5.41) is 14.5. The molecule has 1 fully saturated rings. The minimum Gasteiger partial charge on any atom is -0.466 e. The number of hydrogen-bond acceptors (Lipinski definition) is 9. The summed E-state index contributed by atoms with van der Waals surface area (Å²) in [5.41, 5.74) is 1.45. The highest BCUT2D eigenvalue weighted by molar-refractivity contribution is 5.99. The van der Waals surface area contributed by atoms with Crippen molar-refractivity contribution < 1.29 is 24.0 Å². The molecule has 0 saturated carbocycles. The Morgan fingerprint density at radius 2 is 1.74 bits per heavy atom. The van der Waals surface area contributed by atoms with E-state index in [4.69, 9.17) is 9.47 Å². The molecule has 0 radical (unpaired) electrons. The molecule has 0 spiro atoms. The minimum atomic E-state index is -0.878. The van der Waals surface area contributed by atoms with E-state index in [1.807, 2.05) is 6.08 Å². The SMILES string of the molecule is C=CCN1CCN(CC(C)(C)COC(=O)C2=C(C)NC(C)=C(C(=O)OC)[C@H]2c2cccc([N+](=O)[O-])c2)CC1. The van der Waals surface area contributed by atoms with Gasteiger partial charge in [-0.1, -0.05) is 32.1 Å². The number of methoxy groups -OCH3 is 1. The van der Waals surface area contributed by atoms with E-state index in [1.54, 1.807) is 19.9 Å². The number of nitrogens with one attached hydrogen (secondary N) is 1. The smallest absolute Gasteiger partial charge is 0.336 e. The van der Waals surface area contributed by atoms with Gasteiger partial charge in [-0.15, -0.1) is 6.58 Å². The van der Waals surface area contributed by atoms with Crippen LogP contribution in [-0.4, -0.2) is 79.6 Å². The summed E-state index contributed by atoms with van der Waals surface area (Å²) in [4.78, 5) is 42.1. The van der Waals surface area contributed by atoms with E-state index in [1.165, 1.54) is 25.3 Å². The fourth-order valence-corrected chi connectivity index (χ4v) is 5.10. The van der Waals surface area contributed by atoms with Crippen LogP contribution in [0.5, 0.6) is 0 Å². The fourth-order valence-electron chi connectivity index (χ4n) is 5.10. The molecule has 1 saturated heterocycles. The molecule has 10 heteroatoms. The molecule has 1 atom stereocenters. The molecule has 206 valence electrons. The van der Waals surface area contributed by atoms with Crippen molar-refractivity contribution >= 4 is 17.6 Å². The zero-order valence-electron chi connectivity index (χ0n) is 22.9. The summed E-state index contributed by atoms with van der Waals surface area (Å²) < 4.78 is 10.9. The fraction of sp³-hybridized carbons (Fsp3) is 0.500. The van der Waals surface area contributed by atoms with Crippen molar-refractivity contribution in [1.29, 1.82) is 0 Å². The number of nitro benzene ring substituents is 1. The van der Waals surface area contributed by atoms with Crippen molar-refractivity contribution in [1.82, 2.24) is 15.1 Å². The number of allylic oxidation sites excluding steroid dienone is 2. The Kier molecular flexibility index (Phi) is 9.45. The summed E-state index contributed by atoms with van der Waals surface area (Å²) >= 11 is 0. The van der Waals surface area contributed by atoms with Crippen LogP contribution in [0.4, 0.5) is 5.69 Å². The third kappa shape index (κ3) is 6.87. The van der Waals surface area contributed by atoms with E-state index in [0.29, 0.717) is 17.0 Å². The van der Waals surface area contributed by atoms with Crippen molar-refractivity contribution in [3.05, 3.63) is 75.1 Å². The number of rotatable bonds is 10. The molecule has 0 aliphatic carbocycles. The number of dihydropyridines is 1. The van der Waals surface area contributed by atoms with Gasteiger partial charge in [-0.2, -0.15) is 0 Å². The Morgan fingerprint density at radius 1 is 1.13 bits per heavy atom. The molecule has 0 amide bonds. The second kappa shape index (κ2) is 12.4. The maximum atomic E-state index is 13.6. The lowest BCUT2D eigenvalue weighted by Gasteiger charge is -2.38. The van der Waals surface area contributed by atoms with Crippen molar-refractivity contribution in [3.8, 4) is 0 Å². The average molecular weight is 527 g/mol. The van der Waals surface area contributed by atoms with Gasteiger partial charge < -0.3 is 19.7 Å². The van der Waals surface area contributed by atoms with Gasteiger partial charge in [0.15, 0.2) is 0 Å². The monoisotopic (exact) mass is 526 g/mol. The number of non-ortho nitro benzene ring substituents is 1. The lowest BCUT2D eigenvalue weighted by molar-refractivity contribution is -0.384. The molecule has 0 aromatic heterocycles. The first kappa shape index (κ1) is 29.1. The number of benzene rings is 1. The van der Waals surface area contributed by atoms with Gasteiger partial charge >= 0.3 is 11.9 Å². The van der Waals surface area contributed by atoms with Crippen LogP contribution in [0.2, 0.25) is 0 Å².